The summed E-state index contributed by atoms with van der Waals surface area (Å²) in [5.41, 5.74) is 1.05. The van der Waals surface area contributed by atoms with Crippen molar-refractivity contribution in [1.29, 1.82) is 0 Å². The van der Waals surface area contributed by atoms with Gasteiger partial charge in [0.05, 0.1) is 18.8 Å². The van der Waals surface area contributed by atoms with Crippen molar-refractivity contribution in [2.45, 2.75) is 6.42 Å². The molecule has 0 aromatic heterocycles. The summed E-state index contributed by atoms with van der Waals surface area (Å²) in [5, 5.41) is 0. The summed E-state index contributed by atoms with van der Waals surface area (Å²) < 4.78 is 4.24. The molecule has 0 rings (SSSR count). The Kier molecular flexibility index (Phi) is 5.10. The van der Waals surface area contributed by atoms with Gasteiger partial charge >= 0.3 is 5.97 Å². The Labute approximate surface area is 69.3 Å². The average molecular weight is 173 g/mol. The van der Waals surface area contributed by atoms with Crippen LogP contribution in [0, 0.1) is 0 Å². The molecule has 0 atom stereocenters. The second kappa shape index (κ2) is 5.67. The molecule has 60 valence electrons. The number of hydrogen-bond donors (Lipinski definition) is 0. The van der Waals surface area contributed by atoms with Crippen LogP contribution in [0.25, 0.3) is 0 Å². The van der Waals surface area contributed by atoms with Gasteiger partial charge in [0.1, 0.15) is 6.42 Å². The van der Waals surface area contributed by atoms with E-state index >= 15 is 0 Å². The van der Waals surface area contributed by atoms with Crippen LogP contribution >= 0.6 is 12.2 Å². The lowest BCUT2D eigenvalue weighted by molar-refractivity contribution is -0.142. The molecule has 5 heteroatoms. The molecular weight excluding hydrogens is 166 g/mol. The molecule has 0 saturated carbocycles. The number of thiocarbonyl (C=S) groups is 1. The molecule has 0 spiro atoms. The van der Waals surface area contributed by atoms with Gasteiger partial charge in [-0.3, -0.25) is 9.59 Å². The summed E-state index contributed by atoms with van der Waals surface area (Å²) >= 11 is 4.32. The molecule has 0 amide bonds. The Morgan fingerprint density at radius 1 is 1.64 bits per heavy atom. The number of hydrogen-bond acceptors (Lipinski definition) is 4. The minimum atomic E-state index is -0.578. The lowest BCUT2D eigenvalue weighted by Crippen LogP contribution is -2.09. The molecule has 4 nitrogen and oxygen atoms in total. The smallest absolute Gasteiger partial charge is 0.313 e. The third-order valence-electron chi connectivity index (χ3n) is 0.826. The number of methoxy groups -OCH3 is 1. The van der Waals surface area contributed by atoms with Crippen molar-refractivity contribution >= 4 is 35.7 Å². The minimum Gasteiger partial charge on any atom is -0.469 e. The van der Waals surface area contributed by atoms with Gasteiger partial charge in [0.2, 0.25) is 0 Å². The maximum absolute atomic E-state index is 10.7. The fourth-order valence-corrected chi connectivity index (χ4v) is 0.434. The number of Topliss-reactive ketones (excluding diaryl/α,β-unsaturated/α-hetero) is 1. The minimum absolute atomic E-state index is 0.289. The van der Waals surface area contributed by atoms with Gasteiger partial charge in [-0.05, 0) is 0 Å². The molecule has 11 heavy (non-hydrogen) atoms. The number of esters is 1. The lowest BCUT2D eigenvalue weighted by Gasteiger charge is -1.91. The maximum atomic E-state index is 10.7. The van der Waals surface area contributed by atoms with Crippen LogP contribution < -0.4 is 0 Å². The zero-order chi connectivity index (χ0) is 8.69. The molecule has 0 N–H and O–H groups in total. The average Bonchev–Trinajstić information content (AvgIpc) is 2.00. The van der Waals surface area contributed by atoms with Crippen LogP contribution in [-0.2, 0) is 14.3 Å². The maximum Gasteiger partial charge on any atom is 0.313 e. The highest BCUT2D eigenvalue weighted by Crippen LogP contribution is 1.83. The van der Waals surface area contributed by atoms with Crippen LogP contribution in [0.1, 0.15) is 6.42 Å². The first-order chi connectivity index (χ1) is 5.20. The first kappa shape index (κ1) is 9.90. The number of carbonyl (C=O) groups is 2. The van der Waals surface area contributed by atoms with E-state index in [9.17, 15) is 9.59 Å². The van der Waals surface area contributed by atoms with E-state index in [2.05, 4.69) is 21.9 Å². The van der Waals surface area contributed by atoms with E-state index in [0.29, 0.717) is 0 Å². The van der Waals surface area contributed by atoms with Gasteiger partial charge in [0.25, 0.3) is 0 Å². The second-order valence-electron chi connectivity index (χ2n) is 1.60. The molecular formula is C6H7NO3S. The molecule has 0 radical (unpaired) electrons. The zero-order valence-electron chi connectivity index (χ0n) is 5.94. The van der Waals surface area contributed by atoms with E-state index in [0.717, 1.165) is 11.7 Å². The third kappa shape index (κ3) is 5.35. The van der Waals surface area contributed by atoms with Gasteiger partial charge in [-0.2, -0.15) is 0 Å². The number of nitrogens with zero attached hydrogens (tertiary/aromatic N) is 1. The predicted molar refractivity (Wildman–Crippen MR) is 43.8 cm³/mol. The summed E-state index contributed by atoms with van der Waals surface area (Å²) in [6.07, 6.45) is 0.701. The summed E-state index contributed by atoms with van der Waals surface area (Å²) in [4.78, 5) is 24.5. The molecule has 0 unspecified atom stereocenters. The van der Waals surface area contributed by atoms with Crippen molar-refractivity contribution in [1.82, 2.24) is 0 Å². The quantitative estimate of drug-likeness (QED) is 0.263. The van der Waals surface area contributed by atoms with E-state index in [1.165, 1.54) is 7.11 Å². The summed E-state index contributed by atoms with van der Waals surface area (Å²) in [6.45, 7) is 0. The first-order valence-electron chi connectivity index (χ1n) is 2.77. The van der Waals surface area contributed by atoms with Gasteiger partial charge in [-0.25, -0.2) is 4.99 Å². The number of rotatable bonds is 4. The molecule has 0 bridgehead atoms. The van der Waals surface area contributed by atoms with Crippen LogP contribution in [0.4, 0.5) is 0 Å². The third-order valence-corrected chi connectivity index (χ3v) is 0.947. The molecule has 0 aliphatic carbocycles. The molecule has 0 aromatic rings. The van der Waals surface area contributed by atoms with Crippen LogP contribution in [0.5, 0.6) is 0 Å². The Hall–Kier alpha value is -1.10. The Balaban J connectivity index is 3.78. The van der Waals surface area contributed by atoms with Crippen LogP contribution in [0.2, 0.25) is 0 Å². The fraction of sp³-hybridized carbons (Fsp3) is 0.333. The van der Waals surface area contributed by atoms with Crippen molar-refractivity contribution in [2.24, 2.45) is 4.99 Å². The summed E-state index contributed by atoms with van der Waals surface area (Å²) in [6, 6.07) is 0. The van der Waals surface area contributed by atoms with Gasteiger partial charge in [-0.1, -0.05) is 12.2 Å². The molecule has 0 heterocycles. The monoisotopic (exact) mass is 173 g/mol. The Bertz CT molecular complexity index is 200. The topological polar surface area (TPSA) is 55.7 Å². The zero-order valence-corrected chi connectivity index (χ0v) is 6.76. The number of ketones is 1. The first-order valence-corrected chi connectivity index (χ1v) is 3.24. The summed E-state index contributed by atoms with van der Waals surface area (Å²) in [5.74, 6) is -0.997. The van der Waals surface area contributed by atoms with Gasteiger partial charge < -0.3 is 4.74 Å². The SMILES string of the molecule is COC(=O)CC(=O)C=NC=S. The van der Waals surface area contributed by atoms with Gasteiger partial charge in [-0.15, -0.1) is 0 Å². The Morgan fingerprint density at radius 2 is 2.27 bits per heavy atom. The van der Waals surface area contributed by atoms with Crippen LogP contribution in [0.3, 0.4) is 0 Å². The normalized spacial score (nSPS) is 9.55. The highest BCUT2D eigenvalue weighted by molar-refractivity contribution is 7.78. The van der Waals surface area contributed by atoms with Crippen molar-refractivity contribution in [3.8, 4) is 0 Å². The fourth-order valence-electron chi connectivity index (χ4n) is 0.374. The van der Waals surface area contributed by atoms with Gasteiger partial charge in [0, 0.05) is 0 Å². The van der Waals surface area contributed by atoms with E-state index in [1.54, 1.807) is 0 Å². The van der Waals surface area contributed by atoms with Crippen LogP contribution in [-0.4, -0.2) is 30.6 Å². The van der Waals surface area contributed by atoms with E-state index in [-0.39, 0.29) is 6.42 Å². The highest BCUT2D eigenvalue weighted by Gasteiger charge is 2.05. The highest BCUT2D eigenvalue weighted by atomic mass is 32.1. The largest absolute Gasteiger partial charge is 0.469 e. The van der Waals surface area contributed by atoms with Crippen molar-refractivity contribution < 1.29 is 14.3 Å². The van der Waals surface area contributed by atoms with E-state index in [4.69, 9.17) is 0 Å². The number of carbonyl (C=O) groups excluding carboxylic acids is 2. The number of ether oxygens (including phenoxy) is 1. The van der Waals surface area contributed by atoms with E-state index < -0.39 is 11.8 Å². The molecule has 0 saturated heterocycles. The summed E-state index contributed by atoms with van der Waals surface area (Å²) in [7, 11) is 1.21. The molecule has 0 aliphatic heterocycles. The molecule has 0 fully saturated rings. The standard InChI is InChI=1S/C6H7NO3S/c1-10-6(9)2-5(8)3-7-4-11/h3-4H,2H2,1H3. The lowest BCUT2D eigenvalue weighted by atomic mass is 10.3. The van der Waals surface area contributed by atoms with Crippen molar-refractivity contribution in [2.75, 3.05) is 7.11 Å². The predicted octanol–water partition coefficient (Wildman–Crippen LogP) is 0.147. The van der Waals surface area contributed by atoms with Gasteiger partial charge in [0.15, 0.2) is 5.78 Å². The molecule has 0 aromatic carbocycles. The van der Waals surface area contributed by atoms with Crippen molar-refractivity contribution in [3.63, 3.8) is 0 Å². The number of aliphatic imine (C=N–C) groups is 1. The van der Waals surface area contributed by atoms with E-state index in [1.807, 2.05) is 0 Å². The Morgan fingerprint density at radius 3 is 2.73 bits per heavy atom. The van der Waals surface area contributed by atoms with Crippen molar-refractivity contribution in [3.05, 3.63) is 0 Å². The van der Waals surface area contributed by atoms with Crippen LogP contribution in [0.15, 0.2) is 4.99 Å². The second-order valence-corrected chi connectivity index (χ2v) is 1.81. The molecule has 0 aliphatic rings.